The molecule has 5 nitrogen and oxygen atoms in total. The lowest BCUT2D eigenvalue weighted by atomic mass is 9.86. The van der Waals surface area contributed by atoms with E-state index in [0.29, 0.717) is 24.9 Å². The molecule has 0 spiro atoms. The summed E-state index contributed by atoms with van der Waals surface area (Å²) in [5.41, 5.74) is -1.07. The number of aryl methyl sites for hydroxylation is 1. The van der Waals surface area contributed by atoms with Crippen molar-refractivity contribution in [1.82, 2.24) is 5.32 Å². The highest BCUT2D eigenvalue weighted by atomic mass is 19.2. The fourth-order valence-electron chi connectivity index (χ4n) is 4.58. The second-order valence-corrected chi connectivity index (χ2v) is 9.07. The molecule has 1 atom stereocenters. The Morgan fingerprint density at radius 2 is 1.47 bits per heavy atom. The first-order valence-electron chi connectivity index (χ1n) is 12.0. The van der Waals surface area contributed by atoms with E-state index in [9.17, 15) is 28.6 Å². The first-order valence-corrected chi connectivity index (χ1v) is 12.0. The van der Waals surface area contributed by atoms with E-state index in [1.54, 1.807) is 12.1 Å². The van der Waals surface area contributed by atoms with Crippen LogP contribution >= 0.6 is 0 Å². The van der Waals surface area contributed by atoms with Crippen LogP contribution < -0.4 is 5.32 Å². The predicted molar refractivity (Wildman–Crippen MR) is 120 cm³/mol. The standard InChI is InChI=1S/C25H37F2NO4/c1-2-3-4-5-6-7-8-9-10-18-11-12-19(22(27)21(18)26)14-16-28-20-13-15-25(17-20,23(29)30)24(31)32/h11-12,20,28H,2-10,13-17H2,1H3,(H,29,30)(H,31,32). The molecule has 0 saturated heterocycles. The van der Waals surface area contributed by atoms with Crippen molar-refractivity contribution in [2.75, 3.05) is 6.54 Å². The summed E-state index contributed by atoms with van der Waals surface area (Å²) in [6.45, 7) is 2.52. The van der Waals surface area contributed by atoms with Gasteiger partial charge >= 0.3 is 11.9 Å². The largest absolute Gasteiger partial charge is 0.480 e. The molecule has 32 heavy (non-hydrogen) atoms. The van der Waals surface area contributed by atoms with E-state index < -0.39 is 29.0 Å². The lowest BCUT2D eigenvalue weighted by molar-refractivity contribution is -0.164. The van der Waals surface area contributed by atoms with Gasteiger partial charge in [-0.25, -0.2) is 8.78 Å². The van der Waals surface area contributed by atoms with Gasteiger partial charge < -0.3 is 15.5 Å². The zero-order valence-electron chi connectivity index (χ0n) is 19.1. The zero-order valence-corrected chi connectivity index (χ0v) is 19.1. The Labute approximate surface area is 189 Å². The van der Waals surface area contributed by atoms with Crippen LogP contribution in [0.15, 0.2) is 12.1 Å². The fourth-order valence-corrected chi connectivity index (χ4v) is 4.58. The van der Waals surface area contributed by atoms with E-state index in [4.69, 9.17) is 0 Å². The van der Waals surface area contributed by atoms with Gasteiger partial charge in [0.05, 0.1) is 0 Å². The maximum absolute atomic E-state index is 14.5. The molecule has 0 aromatic heterocycles. The molecule has 0 aliphatic heterocycles. The third-order valence-electron chi connectivity index (χ3n) is 6.70. The van der Waals surface area contributed by atoms with Crippen molar-refractivity contribution in [3.05, 3.63) is 34.9 Å². The molecule has 0 radical (unpaired) electrons. The van der Waals surface area contributed by atoms with E-state index in [2.05, 4.69) is 12.2 Å². The summed E-state index contributed by atoms with van der Waals surface area (Å²) < 4.78 is 28.9. The van der Waals surface area contributed by atoms with E-state index >= 15 is 0 Å². The van der Waals surface area contributed by atoms with Gasteiger partial charge in [0.2, 0.25) is 0 Å². The number of carboxylic acids is 2. The average Bonchev–Trinajstić information content (AvgIpc) is 3.20. The second kappa shape index (κ2) is 12.9. The predicted octanol–water partition coefficient (Wildman–Crippen LogP) is 5.49. The highest BCUT2D eigenvalue weighted by molar-refractivity contribution is 5.98. The Morgan fingerprint density at radius 3 is 2.00 bits per heavy atom. The summed E-state index contributed by atoms with van der Waals surface area (Å²) in [7, 11) is 0. The van der Waals surface area contributed by atoms with Crippen LogP contribution in [0.4, 0.5) is 8.78 Å². The van der Waals surface area contributed by atoms with Crippen LogP contribution in [0.1, 0.15) is 88.7 Å². The van der Waals surface area contributed by atoms with Gasteiger partial charge in [0.1, 0.15) is 0 Å². The fraction of sp³-hybridized carbons (Fsp3) is 0.680. The number of nitrogens with one attached hydrogen (secondary N) is 1. The lowest BCUT2D eigenvalue weighted by Crippen LogP contribution is -2.39. The van der Waals surface area contributed by atoms with Gasteiger partial charge in [-0.15, -0.1) is 0 Å². The van der Waals surface area contributed by atoms with Gasteiger partial charge in [-0.1, -0.05) is 64.0 Å². The molecule has 1 fully saturated rings. The molecule has 1 unspecified atom stereocenters. The molecule has 0 amide bonds. The maximum Gasteiger partial charge on any atom is 0.321 e. The number of aliphatic carboxylic acids is 2. The van der Waals surface area contributed by atoms with Gasteiger partial charge in [-0.3, -0.25) is 9.59 Å². The number of rotatable bonds is 15. The quantitative estimate of drug-likeness (QED) is 0.242. The molecule has 1 aliphatic carbocycles. The van der Waals surface area contributed by atoms with Crippen molar-refractivity contribution in [3.8, 4) is 0 Å². The molecule has 3 N–H and O–H groups in total. The van der Waals surface area contributed by atoms with E-state index in [1.165, 1.54) is 32.1 Å². The number of halogens is 2. The van der Waals surface area contributed by atoms with Gasteiger partial charge in [0, 0.05) is 6.04 Å². The summed E-state index contributed by atoms with van der Waals surface area (Å²) in [4.78, 5) is 22.8. The SMILES string of the molecule is CCCCCCCCCCc1ccc(CCNC2CCC(C(=O)O)(C(=O)O)C2)c(F)c1F. The van der Waals surface area contributed by atoms with E-state index in [-0.39, 0.29) is 30.9 Å². The smallest absolute Gasteiger partial charge is 0.321 e. The van der Waals surface area contributed by atoms with Crippen molar-refractivity contribution in [3.63, 3.8) is 0 Å². The molecular formula is C25H37F2NO4. The number of carbonyl (C=O) groups is 2. The molecule has 0 bridgehead atoms. The molecule has 0 heterocycles. The summed E-state index contributed by atoms with van der Waals surface area (Å²) in [6.07, 6.45) is 10.5. The minimum atomic E-state index is -1.76. The minimum Gasteiger partial charge on any atom is -0.480 e. The van der Waals surface area contributed by atoms with Crippen molar-refractivity contribution >= 4 is 11.9 Å². The summed E-state index contributed by atoms with van der Waals surface area (Å²) in [5.74, 6) is -4.24. The van der Waals surface area contributed by atoms with Gasteiger partial charge in [-0.05, 0) is 56.2 Å². The molecule has 180 valence electrons. The zero-order chi connectivity index (χ0) is 23.6. The first-order chi connectivity index (χ1) is 15.3. The van der Waals surface area contributed by atoms with Crippen LogP contribution in [0, 0.1) is 17.0 Å². The van der Waals surface area contributed by atoms with E-state index in [1.807, 2.05) is 0 Å². The third kappa shape index (κ3) is 6.99. The summed E-state index contributed by atoms with van der Waals surface area (Å²) in [6, 6.07) is 3.01. The van der Waals surface area contributed by atoms with Crippen molar-refractivity contribution < 1.29 is 28.6 Å². The minimum absolute atomic E-state index is 0.00789. The third-order valence-corrected chi connectivity index (χ3v) is 6.70. The van der Waals surface area contributed by atoms with E-state index in [0.717, 1.165) is 19.3 Å². The highest BCUT2D eigenvalue weighted by Gasteiger charge is 2.51. The number of hydrogen-bond donors (Lipinski definition) is 3. The van der Waals surface area contributed by atoms with Crippen LogP contribution in [0.2, 0.25) is 0 Å². The van der Waals surface area contributed by atoms with Gasteiger partial charge in [-0.2, -0.15) is 0 Å². The molecule has 2 rings (SSSR count). The normalized spacial score (nSPS) is 17.5. The lowest BCUT2D eigenvalue weighted by Gasteiger charge is -2.19. The Bertz CT molecular complexity index is 755. The van der Waals surface area contributed by atoms with Crippen molar-refractivity contribution in [2.45, 2.75) is 96.4 Å². The molecule has 1 saturated carbocycles. The second-order valence-electron chi connectivity index (χ2n) is 9.07. The van der Waals surface area contributed by atoms with Crippen molar-refractivity contribution in [2.24, 2.45) is 5.41 Å². The Hall–Kier alpha value is -2.02. The molecule has 7 heteroatoms. The monoisotopic (exact) mass is 453 g/mol. The Morgan fingerprint density at radius 1 is 0.938 bits per heavy atom. The summed E-state index contributed by atoms with van der Waals surface area (Å²) in [5, 5.41) is 21.7. The Balaban J connectivity index is 1.75. The molecule has 1 aromatic carbocycles. The molecular weight excluding hydrogens is 416 g/mol. The molecule has 1 aliphatic rings. The van der Waals surface area contributed by atoms with Crippen LogP contribution in [-0.2, 0) is 22.4 Å². The van der Waals surface area contributed by atoms with Crippen LogP contribution in [0.25, 0.3) is 0 Å². The van der Waals surface area contributed by atoms with Gasteiger partial charge in [0.15, 0.2) is 17.0 Å². The number of benzene rings is 1. The first kappa shape index (κ1) is 26.2. The number of unbranched alkanes of at least 4 members (excludes halogenated alkanes) is 7. The van der Waals surface area contributed by atoms with Gasteiger partial charge in [0.25, 0.3) is 0 Å². The van der Waals surface area contributed by atoms with Crippen LogP contribution in [-0.4, -0.2) is 34.7 Å². The Kier molecular flexibility index (Phi) is 10.6. The topological polar surface area (TPSA) is 86.6 Å². The number of hydrogen-bond acceptors (Lipinski definition) is 3. The van der Waals surface area contributed by atoms with Crippen molar-refractivity contribution in [1.29, 1.82) is 0 Å². The number of carboxylic acid groups (broad SMARTS) is 2. The highest BCUT2D eigenvalue weighted by Crippen LogP contribution is 2.39. The molecule has 1 aromatic rings. The maximum atomic E-state index is 14.5. The van der Waals surface area contributed by atoms with Crippen LogP contribution in [0.5, 0.6) is 0 Å². The average molecular weight is 454 g/mol. The van der Waals surface area contributed by atoms with Crippen LogP contribution in [0.3, 0.4) is 0 Å². The summed E-state index contributed by atoms with van der Waals surface area (Å²) >= 11 is 0.